The number of aromatic hydroxyl groups is 1. The van der Waals surface area contributed by atoms with E-state index in [1.54, 1.807) is 12.1 Å². The third-order valence-corrected chi connectivity index (χ3v) is 2.80. The number of nitrogens with one attached hydrogen (secondary N) is 1. The van der Waals surface area contributed by atoms with Crippen LogP contribution >= 0.6 is 0 Å². The maximum atomic E-state index is 11.1. The quantitative estimate of drug-likeness (QED) is 0.697. The maximum absolute atomic E-state index is 11.1. The van der Waals surface area contributed by atoms with E-state index >= 15 is 0 Å². The van der Waals surface area contributed by atoms with Crippen molar-refractivity contribution in [3.63, 3.8) is 0 Å². The predicted molar refractivity (Wildman–Crippen MR) is 74.8 cm³/mol. The molecule has 3 aromatic rings. The molecule has 6 heteroatoms. The minimum absolute atomic E-state index is 0.0411. The van der Waals surface area contributed by atoms with Gasteiger partial charge < -0.3 is 10.4 Å². The van der Waals surface area contributed by atoms with Crippen molar-refractivity contribution in [2.45, 2.75) is 6.92 Å². The van der Waals surface area contributed by atoms with Gasteiger partial charge in [0.1, 0.15) is 22.5 Å². The Hall–Kier alpha value is -2.89. The third-order valence-electron chi connectivity index (χ3n) is 2.80. The van der Waals surface area contributed by atoms with Gasteiger partial charge in [-0.15, -0.1) is 15.0 Å². The van der Waals surface area contributed by atoms with Gasteiger partial charge in [0.05, 0.1) is 0 Å². The average Bonchev–Trinajstić information content (AvgIpc) is 2.84. The van der Waals surface area contributed by atoms with Gasteiger partial charge in [-0.1, -0.05) is 12.1 Å². The summed E-state index contributed by atoms with van der Waals surface area (Å²) in [6, 6.07) is 12.2. The molecule has 1 amide bonds. The number of hydrogen-bond donors (Lipinski definition) is 2. The predicted octanol–water partition coefficient (Wildman–Crippen LogP) is 2.08. The molecule has 0 fully saturated rings. The number of aromatic nitrogens is 3. The monoisotopic (exact) mass is 268 g/mol. The summed E-state index contributed by atoms with van der Waals surface area (Å²) in [5.41, 5.74) is 2.45. The zero-order chi connectivity index (χ0) is 14.1. The molecule has 2 aromatic carbocycles. The van der Waals surface area contributed by atoms with E-state index in [1.165, 1.54) is 17.8 Å². The van der Waals surface area contributed by atoms with Crippen molar-refractivity contribution in [1.29, 1.82) is 0 Å². The summed E-state index contributed by atoms with van der Waals surface area (Å²) in [7, 11) is 0. The first-order chi connectivity index (χ1) is 9.63. The van der Waals surface area contributed by atoms with Gasteiger partial charge in [0.2, 0.25) is 5.91 Å². The molecule has 0 saturated heterocycles. The van der Waals surface area contributed by atoms with Gasteiger partial charge in [-0.2, -0.15) is 0 Å². The summed E-state index contributed by atoms with van der Waals surface area (Å²) in [6.45, 7) is 1.42. The van der Waals surface area contributed by atoms with Crippen LogP contribution in [0.4, 0.5) is 5.69 Å². The highest BCUT2D eigenvalue weighted by Crippen LogP contribution is 2.25. The average molecular weight is 268 g/mol. The van der Waals surface area contributed by atoms with Gasteiger partial charge in [0.25, 0.3) is 0 Å². The molecular weight excluding hydrogens is 256 g/mol. The third kappa shape index (κ3) is 2.18. The number of anilines is 1. The van der Waals surface area contributed by atoms with Crippen LogP contribution in [0.3, 0.4) is 0 Å². The first-order valence-corrected chi connectivity index (χ1v) is 6.06. The molecule has 0 unspecified atom stereocenters. The number of benzene rings is 2. The van der Waals surface area contributed by atoms with Crippen LogP contribution in [0.5, 0.6) is 5.75 Å². The Bertz CT molecular complexity index is 762. The lowest BCUT2D eigenvalue weighted by Crippen LogP contribution is -2.07. The van der Waals surface area contributed by atoms with Crippen LogP contribution in [-0.2, 0) is 4.79 Å². The van der Waals surface area contributed by atoms with Gasteiger partial charge in [-0.25, -0.2) is 0 Å². The minimum Gasteiger partial charge on any atom is -0.506 e. The minimum atomic E-state index is -0.180. The van der Waals surface area contributed by atoms with E-state index in [1.807, 2.05) is 24.3 Å². The van der Waals surface area contributed by atoms with Crippen molar-refractivity contribution in [2.75, 3.05) is 5.32 Å². The normalized spacial score (nSPS) is 10.7. The number of phenols is 1. The molecule has 0 bridgehead atoms. The fourth-order valence-corrected chi connectivity index (χ4v) is 1.93. The lowest BCUT2D eigenvalue weighted by atomic mass is 10.2. The van der Waals surface area contributed by atoms with Crippen molar-refractivity contribution in [2.24, 2.45) is 0 Å². The van der Waals surface area contributed by atoms with Crippen LogP contribution in [-0.4, -0.2) is 26.0 Å². The Morgan fingerprint density at radius 1 is 1.15 bits per heavy atom. The summed E-state index contributed by atoms with van der Waals surface area (Å²) >= 11 is 0. The molecule has 0 radical (unpaired) electrons. The van der Waals surface area contributed by atoms with Gasteiger partial charge in [-0.05, 0) is 30.3 Å². The number of carbonyl (C=O) groups is 1. The number of nitrogens with zero attached hydrogens (tertiary/aromatic N) is 3. The molecule has 0 aliphatic heterocycles. The van der Waals surface area contributed by atoms with Crippen molar-refractivity contribution in [1.82, 2.24) is 15.0 Å². The van der Waals surface area contributed by atoms with Crippen LogP contribution < -0.4 is 5.32 Å². The second kappa shape index (κ2) is 4.65. The zero-order valence-electron chi connectivity index (χ0n) is 10.7. The molecule has 3 rings (SSSR count). The first kappa shape index (κ1) is 12.2. The molecule has 0 atom stereocenters. The highest BCUT2D eigenvalue weighted by Gasteiger charge is 2.10. The second-order valence-electron chi connectivity index (χ2n) is 4.36. The van der Waals surface area contributed by atoms with Crippen LogP contribution in [0.2, 0.25) is 0 Å². The molecule has 0 aliphatic rings. The first-order valence-electron chi connectivity index (χ1n) is 6.06. The van der Waals surface area contributed by atoms with Gasteiger partial charge in [0, 0.05) is 12.6 Å². The van der Waals surface area contributed by atoms with Crippen LogP contribution in [0.15, 0.2) is 42.5 Å². The summed E-state index contributed by atoms with van der Waals surface area (Å²) in [6.07, 6.45) is 0. The summed E-state index contributed by atoms with van der Waals surface area (Å²) in [5, 5.41) is 21.2. The SMILES string of the molecule is CC(=O)Nc1ccc(O)c(-n2nc3ccccc3n2)c1. The highest BCUT2D eigenvalue weighted by atomic mass is 16.3. The van der Waals surface area contributed by atoms with E-state index in [0.717, 1.165) is 11.0 Å². The summed E-state index contributed by atoms with van der Waals surface area (Å²) < 4.78 is 0. The van der Waals surface area contributed by atoms with Crippen molar-refractivity contribution in [3.05, 3.63) is 42.5 Å². The second-order valence-corrected chi connectivity index (χ2v) is 4.36. The maximum Gasteiger partial charge on any atom is 0.221 e. The fraction of sp³-hybridized carbons (Fsp3) is 0.0714. The molecule has 20 heavy (non-hydrogen) atoms. The fourth-order valence-electron chi connectivity index (χ4n) is 1.93. The number of amides is 1. The molecule has 100 valence electrons. The Balaban J connectivity index is 2.10. The van der Waals surface area contributed by atoms with Crippen LogP contribution in [0.25, 0.3) is 16.7 Å². The molecule has 6 nitrogen and oxygen atoms in total. The lowest BCUT2D eigenvalue weighted by molar-refractivity contribution is -0.114. The van der Waals surface area contributed by atoms with Crippen LogP contribution in [0, 0.1) is 0 Å². The van der Waals surface area contributed by atoms with Gasteiger partial charge in [-0.3, -0.25) is 4.79 Å². The standard InChI is InChI=1S/C14H12N4O2/c1-9(19)15-10-6-7-14(20)13(8-10)18-16-11-4-2-3-5-12(11)17-18/h2-8,20H,1H3,(H,15,19). The largest absolute Gasteiger partial charge is 0.506 e. The van der Waals surface area contributed by atoms with Crippen molar-refractivity contribution >= 4 is 22.6 Å². The van der Waals surface area contributed by atoms with E-state index in [9.17, 15) is 9.90 Å². The number of rotatable bonds is 2. The molecule has 1 aromatic heterocycles. The van der Waals surface area contributed by atoms with E-state index < -0.39 is 0 Å². The highest BCUT2D eigenvalue weighted by molar-refractivity contribution is 5.89. The molecule has 0 spiro atoms. The lowest BCUT2D eigenvalue weighted by Gasteiger charge is -2.06. The Morgan fingerprint density at radius 2 is 1.80 bits per heavy atom. The van der Waals surface area contributed by atoms with Gasteiger partial charge in [0.15, 0.2) is 0 Å². The number of hydrogen-bond acceptors (Lipinski definition) is 4. The van der Waals surface area contributed by atoms with E-state index in [-0.39, 0.29) is 11.7 Å². The zero-order valence-corrected chi connectivity index (χ0v) is 10.7. The van der Waals surface area contributed by atoms with E-state index in [2.05, 4.69) is 15.5 Å². The van der Waals surface area contributed by atoms with E-state index in [0.29, 0.717) is 11.4 Å². The van der Waals surface area contributed by atoms with Gasteiger partial charge >= 0.3 is 0 Å². The molecule has 0 saturated carbocycles. The smallest absolute Gasteiger partial charge is 0.221 e. The number of phenolic OH excluding ortho intramolecular Hbond substituents is 1. The summed E-state index contributed by atoms with van der Waals surface area (Å²) in [4.78, 5) is 12.4. The van der Waals surface area contributed by atoms with Crippen LogP contribution in [0.1, 0.15) is 6.92 Å². The van der Waals surface area contributed by atoms with Crippen molar-refractivity contribution < 1.29 is 9.90 Å². The molecule has 1 heterocycles. The number of fused-ring (bicyclic) bond motifs is 1. The molecular formula is C14H12N4O2. The Kier molecular flexibility index (Phi) is 2.83. The summed E-state index contributed by atoms with van der Waals surface area (Å²) in [5.74, 6) is -0.139. The Labute approximate surface area is 114 Å². The Morgan fingerprint density at radius 3 is 2.40 bits per heavy atom. The van der Waals surface area contributed by atoms with E-state index in [4.69, 9.17) is 0 Å². The number of carbonyl (C=O) groups excluding carboxylic acids is 1. The topological polar surface area (TPSA) is 80.0 Å². The molecule has 2 N–H and O–H groups in total. The molecule has 0 aliphatic carbocycles. The van der Waals surface area contributed by atoms with Crippen molar-refractivity contribution in [3.8, 4) is 11.4 Å².